The summed E-state index contributed by atoms with van der Waals surface area (Å²) < 4.78 is 13.0. The Balaban J connectivity index is 1.73. The Bertz CT molecular complexity index is 399. The molecule has 2 rings (SSSR count). The van der Waals surface area contributed by atoms with Gasteiger partial charge in [0, 0.05) is 37.9 Å². The first kappa shape index (κ1) is 16.2. The molecule has 1 aromatic carbocycles. The standard InChI is InChI=1S/C17H28FN3/c1-3-9-19-10-8-15(2)20-11-13-21(14-12-20)17-6-4-16(18)5-7-17/h4-7,15,19H,3,8-14H2,1-2H3. The van der Waals surface area contributed by atoms with Crippen molar-refractivity contribution < 1.29 is 4.39 Å². The highest BCUT2D eigenvalue weighted by molar-refractivity contribution is 5.46. The summed E-state index contributed by atoms with van der Waals surface area (Å²) in [4.78, 5) is 4.91. The third-order valence-electron chi connectivity index (χ3n) is 4.30. The van der Waals surface area contributed by atoms with E-state index in [1.54, 1.807) is 12.1 Å². The van der Waals surface area contributed by atoms with E-state index < -0.39 is 0 Å². The molecular formula is C17H28FN3. The van der Waals surface area contributed by atoms with Crippen LogP contribution in [0.2, 0.25) is 0 Å². The van der Waals surface area contributed by atoms with E-state index >= 15 is 0 Å². The van der Waals surface area contributed by atoms with E-state index in [0.717, 1.165) is 45.0 Å². The predicted octanol–water partition coefficient (Wildman–Crippen LogP) is 2.73. The number of hydrogen-bond donors (Lipinski definition) is 1. The quantitative estimate of drug-likeness (QED) is 0.780. The molecule has 1 aromatic rings. The Labute approximate surface area is 128 Å². The van der Waals surface area contributed by atoms with Gasteiger partial charge in [0.15, 0.2) is 0 Å². The van der Waals surface area contributed by atoms with E-state index in [-0.39, 0.29) is 5.82 Å². The summed E-state index contributed by atoms with van der Waals surface area (Å²) in [6, 6.07) is 7.48. The topological polar surface area (TPSA) is 18.5 Å². The molecule has 1 N–H and O–H groups in total. The fraction of sp³-hybridized carbons (Fsp3) is 0.647. The molecule has 118 valence electrons. The van der Waals surface area contributed by atoms with Crippen LogP contribution in [0, 0.1) is 5.82 Å². The molecule has 1 fully saturated rings. The molecule has 0 saturated carbocycles. The minimum absolute atomic E-state index is 0.161. The zero-order valence-corrected chi connectivity index (χ0v) is 13.3. The van der Waals surface area contributed by atoms with Gasteiger partial charge in [0.25, 0.3) is 0 Å². The number of hydrogen-bond acceptors (Lipinski definition) is 3. The second kappa shape index (κ2) is 8.35. The van der Waals surface area contributed by atoms with E-state index in [4.69, 9.17) is 0 Å². The number of nitrogens with one attached hydrogen (secondary N) is 1. The van der Waals surface area contributed by atoms with Crippen LogP contribution >= 0.6 is 0 Å². The number of benzene rings is 1. The highest BCUT2D eigenvalue weighted by atomic mass is 19.1. The van der Waals surface area contributed by atoms with Crippen LogP contribution in [0.1, 0.15) is 26.7 Å². The van der Waals surface area contributed by atoms with Gasteiger partial charge in [-0.1, -0.05) is 6.92 Å². The second-order valence-electron chi connectivity index (χ2n) is 5.89. The molecule has 1 heterocycles. The zero-order chi connectivity index (χ0) is 15.1. The van der Waals surface area contributed by atoms with Crippen molar-refractivity contribution in [1.29, 1.82) is 0 Å². The summed E-state index contributed by atoms with van der Waals surface area (Å²) in [5.74, 6) is -0.161. The monoisotopic (exact) mass is 293 g/mol. The van der Waals surface area contributed by atoms with Gasteiger partial charge in [-0.15, -0.1) is 0 Å². The molecule has 0 aliphatic carbocycles. The van der Waals surface area contributed by atoms with Crippen LogP contribution in [-0.2, 0) is 0 Å². The predicted molar refractivity (Wildman–Crippen MR) is 87.4 cm³/mol. The number of piperazine rings is 1. The van der Waals surface area contributed by atoms with Crippen LogP contribution < -0.4 is 10.2 Å². The van der Waals surface area contributed by atoms with Crippen molar-refractivity contribution in [3.8, 4) is 0 Å². The van der Waals surface area contributed by atoms with Gasteiger partial charge in [-0.3, -0.25) is 4.90 Å². The molecule has 1 saturated heterocycles. The van der Waals surface area contributed by atoms with Crippen molar-refractivity contribution in [3.63, 3.8) is 0 Å². The summed E-state index contributed by atoms with van der Waals surface area (Å²) >= 11 is 0. The van der Waals surface area contributed by atoms with Crippen LogP contribution in [0.4, 0.5) is 10.1 Å². The fourth-order valence-electron chi connectivity index (χ4n) is 2.87. The maximum Gasteiger partial charge on any atom is 0.123 e. The maximum atomic E-state index is 13.0. The van der Waals surface area contributed by atoms with Gasteiger partial charge in [0.2, 0.25) is 0 Å². The molecular weight excluding hydrogens is 265 g/mol. The highest BCUT2D eigenvalue weighted by Crippen LogP contribution is 2.18. The van der Waals surface area contributed by atoms with Crippen molar-refractivity contribution in [2.75, 3.05) is 44.2 Å². The lowest BCUT2D eigenvalue weighted by Crippen LogP contribution is -2.50. The molecule has 21 heavy (non-hydrogen) atoms. The van der Waals surface area contributed by atoms with E-state index in [0.29, 0.717) is 6.04 Å². The molecule has 1 atom stereocenters. The Morgan fingerprint density at radius 1 is 1.10 bits per heavy atom. The highest BCUT2D eigenvalue weighted by Gasteiger charge is 2.20. The Hall–Kier alpha value is -1.13. The van der Waals surface area contributed by atoms with Gasteiger partial charge in [-0.25, -0.2) is 4.39 Å². The van der Waals surface area contributed by atoms with Gasteiger partial charge in [-0.05, 0) is 57.1 Å². The average Bonchev–Trinajstić information content (AvgIpc) is 2.52. The summed E-state index contributed by atoms with van der Waals surface area (Å²) in [6.45, 7) is 11.0. The van der Waals surface area contributed by atoms with E-state index in [1.165, 1.54) is 12.8 Å². The van der Waals surface area contributed by atoms with Crippen molar-refractivity contribution in [3.05, 3.63) is 30.1 Å². The minimum Gasteiger partial charge on any atom is -0.369 e. The Morgan fingerprint density at radius 2 is 1.76 bits per heavy atom. The van der Waals surface area contributed by atoms with Crippen LogP contribution in [-0.4, -0.2) is 50.2 Å². The number of anilines is 1. The molecule has 0 aromatic heterocycles. The zero-order valence-electron chi connectivity index (χ0n) is 13.3. The van der Waals surface area contributed by atoms with Crippen LogP contribution in [0.25, 0.3) is 0 Å². The summed E-state index contributed by atoms with van der Waals surface area (Å²) in [5, 5.41) is 3.47. The third-order valence-corrected chi connectivity index (χ3v) is 4.30. The lowest BCUT2D eigenvalue weighted by Gasteiger charge is -2.39. The molecule has 4 heteroatoms. The van der Waals surface area contributed by atoms with Gasteiger partial charge >= 0.3 is 0 Å². The van der Waals surface area contributed by atoms with Crippen LogP contribution in [0.15, 0.2) is 24.3 Å². The van der Waals surface area contributed by atoms with Crippen molar-refractivity contribution in [2.45, 2.75) is 32.7 Å². The van der Waals surface area contributed by atoms with Gasteiger partial charge in [-0.2, -0.15) is 0 Å². The van der Waals surface area contributed by atoms with Gasteiger partial charge in [0.05, 0.1) is 0 Å². The van der Waals surface area contributed by atoms with Crippen molar-refractivity contribution in [1.82, 2.24) is 10.2 Å². The van der Waals surface area contributed by atoms with Crippen molar-refractivity contribution >= 4 is 5.69 Å². The Morgan fingerprint density at radius 3 is 2.38 bits per heavy atom. The largest absolute Gasteiger partial charge is 0.369 e. The van der Waals surface area contributed by atoms with E-state index in [1.807, 2.05) is 12.1 Å². The molecule has 0 bridgehead atoms. The number of nitrogens with zero attached hydrogens (tertiary/aromatic N) is 2. The smallest absolute Gasteiger partial charge is 0.123 e. The first-order valence-corrected chi connectivity index (χ1v) is 8.16. The first-order valence-electron chi connectivity index (χ1n) is 8.16. The van der Waals surface area contributed by atoms with Crippen molar-refractivity contribution in [2.24, 2.45) is 0 Å². The molecule has 3 nitrogen and oxygen atoms in total. The normalized spacial score (nSPS) is 18.0. The molecule has 0 radical (unpaired) electrons. The van der Waals surface area contributed by atoms with Gasteiger partial charge < -0.3 is 10.2 Å². The SMILES string of the molecule is CCCNCCC(C)N1CCN(c2ccc(F)cc2)CC1. The molecule has 1 unspecified atom stereocenters. The maximum absolute atomic E-state index is 13.0. The fourth-order valence-corrected chi connectivity index (χ4v) is 2.87. The number of rotatable bonds is 7. The van der Waals surface area contributed by atoms with E-state index in [2.05, 4.69) is 29.0 Å². The minimum atomic E-state index is -0.161. The summed E-state index contributed by atoms with van der Waals surface area (Å²) in [5.41, 5.74) is 1.13. The first-order chi connectivity index (χ1) is 10.2. The van der Waals surface area contributed by atoms with Gasteiger partial charge in [0.1, 0.15) is 5.82 Å². The molecule has 1 aliphatic rings. The molecule has 1 aliphatic heterocycles. The molecule has 0 spiro atoms. The number of halogens is 1. The van der Waals surface area contributed by atoms with Crippen LogP contribution in [0.5, 0.6) is 0 Å². The third kappa shape index (κ3) is 4.97. The second-order valence-corrected chi connectivity index (χ2v) is 5.89. The lowest BCUT2D eigenvalue weighted by atomic mass is 10.1. The Kier molecular flexibility index (Phi) is 6.46. The summed E-state index contributed by atoms with van der Waals surface area (Å²) in [7, 11) is 0. The van der Waals surface area contributed by atoms with Crippen LogP contribution in [0.3, 0.4) is 0 Å². The summed E-state index contributed by atoms with van der Waals surface area (Å²) in [6.07, 6.45) is 2.40. The molecule has 0 amide bonds. The lowest BCUT2D eigenvalue weighted by molar-refractivity contribution is 0.188. The average molecular weight is 293 g/mol. The van der Waals surface area contributed by atoms with E-state index in [9.17, 15) is 4.39 Å².